The Kier molecular flexibility index (Phi) is 2.99. The maximum atomic E-state index is 11.5. The molecule has 0 spiro atoms. The second-order valence-corrected chi connectivity index (χ2v) is 3.71. The number of ether oxygens (including phenoxy) is 1. The van der Waals surface area contributed by atoms with E-state index >= 15 is 0 Å². The van der Waals surface area contributed by atoms with Gasteiger partial charge in [-0.3, -0.25) is 4.79 Å². The molecular weight excluding hydrogens is 220 g/mol. The molecule has 0 fully saturated rings. The molecule has 2 aromatic heterocycles. The molecule has 5 nitrogen and oxygen atoms in total. The number of esters is 1. The van der Waals surface area contributed by atoms with Gasteiger partial charge in [-0.25, -0.2) is 4.98 Å². The number of hydrogen-bond donors (Lipinski definition) is 1. The molecule has 0 radical (unpaired) electrons. The van der Waals surface area contributed by atoms with Crippen molar-refractivity contribution < 1.29 is 14.6 Å². The lowest BCUT2D eigenvalue weighted by Crippen LogP contribution is -2.10. The van der Waals surface area contributed by atoms with Crippen molar-refractivity contribution in [3.8, 4) is 5.75 Å². The van der Waals surface area contributed by atoms with Gasteiger partial charge in [-0.15, -0.1) is 0 Å². The van der Waals surface area contributed by atoms with E-state index < -0.39 is 0 Å². The van der Waals surface area contributed by atoms with Crippen LogP contribution in [-0.2, 0) is 16.0 Å². The molecule has 0 unspecified atom stereocenters. The summed E-state index contributed by atoms with van der Waals surface area (Å²) in [5.41, 5.74) is 1.93. The summed E-state index contributed by atoms with van der Waals surface area (Å²) in [5.74, 6) is -0.188. The summed E-state index contributed by atoms with van der Waals surface area (Å²) < 4.78 is 6.62. The van der Waals surface area contributed by atoms with Crippen molar-refractivity contribution in [2.75, 3.05) is 6.61 Å². The third kappa shape index (κ3) is 2.08. The van der Waals surface area contributed by atoms with Crippen molar-refractivity contribution >= 4 is 11.6 Å². The zero-order valence-corrected chi connectivity index (χ0v) is 9.80. The number of carbonyl (C=O) groups excluding carboxylic acids is 1. The molecule has 2 heterocycles. The van der Waals surface area contributed by atoms with Gasteiger partial charge < -0.3 is 14.2 Å². The van der Waals surface area contributed by atoms with Gasteiger partial charge in [0.2, 0.25) is 0 Å². The smallest absolute Gasteiger partial charge is 0.311 e. The number of pyridine rings is 1. The van der Waals surface area contributed by atoms with Crippen molar-refractivity contribution in [3.63, 3.8) is 0 Å². The van der Waals surface area contributed by atoms with E-state index in [1.807, 2.05) is 0 Å². The van der Waals surface area contributed by atoms with Gasteiger partial charge in [-0.1, -0.05) is 0 Å². The Bertz CT molecular complexity index is 560. The second-order valence-electron chi connectivity index (χ2n) is 3.71. The van der Waals surface area contributed by atoms with E-state index in [4.69, 9.17) is 4.74 Å². The fourth-order valence-corrected chi connectivity index (χ4v) is 1.78. The van der Waals surface area contributed by atoms with E-state index in [1.165, 1.54) is 0 Å². The first-order chi connectivity index (χ1) is 8.13. The standard InChI is InChI=1S/C12H14N2O3/c1-3-17-11(16)7-9-8(2)13-12-10(15)5-4-6-14(9)12/h4-6,15H,3,7H2,1-2H3. The molecule has 2 rings (SSSR count). The van der Waals surface area contributed by atoms with Gasteiger partial charge in [-0.05, 0) is 26.0 Å². The van der Waals surface area contributed by atoms with Gasteiger partial charge in [0.05, 0.1) is 24.4 Å². The van der Waals surface area contributed by atoms with Crippen LogP contribution in [0.1, 0.15) is 18.3 Å². The molecule has 0 aliphatic heterocycles. The minimum absolute atomic E-state index is 0.103. The molecule has 0 aromatic carbocycles. The molecule has 0 atom stereocenters. The zero-order valence-electron chi connectivity index (χ0n) is 9.80. The molecule has 0 saturated carbocycles. The lowest BCUT2D eigenvalue weighted by Gasteiger charge is -2.03. The van der Waals surface area contributed by atoms with E-state index in [2.05, 4.69) is 4.98 Å². The van der Waals surface area contributed by atoms with Crippen molar-refractivity contribution in [3.05, 3.63) is 29.7 Å². The predicted molar refractivity (Wildman–Crippen MR) is 61.9 cm³/mol. The maximum absolute atomic E-state index is 11.5. The Morgan fingerprint density at radius 2 is 2.35 bits per heavy atom. The fourth-order valence-electron chi connectivity index (χ4n) is 1.78. The van der Waals surface area contributed by atoms with E-state index in [0.717, 1.165) is 11.4 Å². The van der Waals surface area contributed by atoms with Gasteiger partial charge in [0, 0.05) is 6.20 Å². The van der Waals surface area contributed by atoms with Crippen molar-refractivity contribution in [1.82, 2.24) is 9.38 Å². The number of hydrogen-bond acceptors (Lipinski definition) is 4. The Labute approximate surface area is 98.7 Å². The molecule has 1 N–H and O–H groups in total. The van der Waals surface area contributed by atoms with Gasteiger partial charge in [0.15, 0.2) is 11.4 Å². The number of nitrogens with zero attached hydrogens (tertiary/aromatic N) is 2. The van der Waals surface area contributed by atoms with Crippen molar-refractivity contribution in [2.24, 2.45) is 0 Å². The number of imidazole rings is 1. The summed E-state index contributed by atoms with van der Waals surface area (Å²) >= 11 is 0. The summed E-state index contributed by atoms with van der Waals surface area (Å²) in [6, 6.07) is 3.27. The summed E-state index contributed by atoms with van der Waals surface area (Å²) in [5, 5.41) is 9.65. The van der Waals surface area contributed by atoms with Gasteiger partial charge in [-0.2, -0.15) is 0 Å². The van der Waals surface area contributed by atoms with Crippen LogP contribution in [0.5, 0.6) is 5.75 Å². The molecule has 0 amide bonds. The summed E-state index contributed by atoms with van der Waals surface area (Å²) in [6.45, 7) is 3.94. The topological polar surface area (TPSA) is 63.8 Å². The highest BCUT2D eigenvalue weighted by molar-refractivity contribution is 5.73. The summed E-state index contributed by atoms with van der Waals surface area (Å²) in [6.07, 6.45) is 1.92. The molecule has 0 bridgehead atoms. The third-order valence-electron chi connectivity index (χ3n) is 2.55. The van der Waals surface area contributed by atoms with E-state index in [1.54, 1.807) is 36.6 Å². The lowest BCUT2D eigenvalue weighted by atomic mass is 10.2. The van der Waals surface area contributed by atoms with Crippen molar-refractivity contribution in [2.45, 2.75) is 20.3 Å². The van der Waals surface area contributed by atoms with Crippen molar-refractivity contribution in [1.29, 1.82) is 0 Å². The minimum Gasteiger partial charge on any atom is -0.504 e. The number of aromatic nitrogens is 2. The zero-order chi connectivity index (χ0) is 12.4. The first-order valence-corrected chi connectivity index (χ1v) is 5.44. The maximum Gasteiger partial charge on any atom is 0.311 e. The van der Waals surface area contributed by atoms with Crippen LogP contribution >= 0.6 is 0 Å². The number of aromatic hydroxyl groups is 1. The Hall–Kier alpha value is -2.04. The van der Waals surface area contributed by atoms with Crippen LogP contribution in [0, 0.1) is 6.92 Å². The Morgan fingerprint density at radius 1 is 1.59 bits per heavy atom. The molecule has 0 aliphatic rings. The van der Waals surface area contributed by atoms with Gasteiger partial charge in [0.25, 0.3) is 0 Å². The largest absolute Gasteiger partial charge is 0.504 e. The van der Waals surface area contributed by atoms with Crippen LogP contribution in [0.4, 0.5) is 0 Å². The second kappa shape index (κ2) is 4.45. The van der Waals surface area contributed by atoms with Gasteiger partial charge >= 0.3 is 5.97 Å². The summed E-state index contributed by atoms with van der Waals surface area (Å²) in [7, 11) is 0. The normalized spacial score (nSPS) is 10.7. The van der Waals surface area contributed by atoms with Crippen LogP contribution in [0.25, 0.3) is 5.65 Å². The fraction of sp³-hybridized carbons (Fsp3) is 0.333. The molecule has 0 aliphatic carbocycles. The quantitative estimate of drug-likeness (QED) is 0.816. The molecule has 0 saturated heterocycles. The Balaban J connectivity index is 2.43. The van der Waals surface area contributed by atoms with E-state index in [9.17, 15) is 9.90 Å². The Morgan fingerprint density at radius 3 is 3.06 bits per heavy atom. The number of aryl methyl sites for hydroxylation is 1. The first kappa shape index (κ1) is 11.4. The SMILES string of the molecule is CCOC(=O)Cc1c(C)nc2c(O)cccn12. The predicted octanol–water partition coefficient (Wildman–Crippen LogP) is 1.45. The molecule has 2 aromatic rings. The van der Waals surface area contributed by atoms with E-state index in [-0.39, 0.29) is 18.1 Å². The number of carbonyl (C=O) groups is 1. The molecular formula is C12H14N2O3. The van der Waals surface area contributed by atoms with Crippen LogP contribution in [0.2, 0.25) is 0 Å². The lowest BCUT2D eigenvalue weighted by molar-refractivity contribution is -0.142. The molecule has 5 heteroatoms. The van der Waals surface area contributed by atoms with Crippen LogP contribution in [0.15, 0.2) is 18.3 Å². The highest BCUT2D eigenvalue weighted by Crippen LogP contribution is 2.20. The first-order valence-electron chi connectivity index (χ1n) is 5.44. The number of rotatable bonds is 3. The highest BCUT2D eigenvalue weighted by atomic mass is 16.5. The monoisotopic (exact) mass is 234 g/mol. The average Bonchev–Trinajstić information content (AvgIpc) is 2.58. The minimum atomic E-state index is -0.291. The van der Waals surface area contributed by atoms with Crippen LogP contribution in [0.3, 0.4) is 0 Å². The highest BCUT2D eigenvalue weighted by Gasteiger charge is 2.14. The number of fused-ring (bicyclic) bond motifs is 1. The molecule has 17 heavy (non-hydrogen) atoms. The van der Waals surface area contributed by atoms with E-state index in [0.29, 0.717) is 12.3 Å². The average molecular weight is 234 g/mol. The van der Waals surface area contributed by atoms with Crippen LogP contribution < -0.4 is 0 Å². The van der Waals surface area contributed by atoms with Gasteiger partial charge in [0.1, 0.15) is 0 Å². The van der Waals surface area contributed by atoms with Crippen LogP contribution in [-0.4, -0.2) is 27.1 Å². The third-order valence-corrected chi connectivity index (χ3v) is 2.55. The molecule has 90 valence electrons. The summed E-state index contributed by atoms with van der Waals surface area (Å²) in [4.78, 5) is 15.7.